The normalized spacial score (nSPS) is 11.7. The highest BCUT2D eigenvalue weighted by atomic mass is 16.5. The van der Waals surface area contributed by atoms with Crippen molar-refractivity contribution in [2.75, 3.05) is 13.2 Å². The van der Waals surface area contributed by atoms with Crippen molar-refractivity contribution in [3.05, 3.63) is 59.7 Å². The minimum atomic E-state index is -0.452. The number of ether oxygens (including phenoxy) is 3. The van der Waals surface area contributed by atoms with Gasteiger partial charge >= 0.3 is 11.9 Å². The van der Waals surface area contributed by atoms with Gasteiger partial charge in [-0.1, -0.05) is 91.4 Å². The number of rotatable bonds is 20. The second-order valence-electron chi connectivity index (χ2n) is 10.3. The maximum atomic E-state index is 12.5. The first-order valence-corrected chi connectivity index (χ1v) is 14.8. The van der Waals surface area contributed by atoms with Crippen molar-refractivity contribution in [1.82, 2.24) is 0 Å². The first-order valence-electron chi connectivity index (χ1n) is 14.8. The van der Waals surface area contributed by atoms with Crippen molar-refractivity contribution in [2.24, 2.45) is 5.92 Å². The molecule has 0 aliphatic heterocycles. The van der Waals surface area contributed by atoms with E-state index in [9.17, 15) is 9.59 Å². The third-order valence-electron chi connectivity index (χ3n) is 6.93. The summed E-state index contributed by atoms with van der Waals surface area (Å²) in [5, 5.41) is 0. The first-order chi connectivity index (χ1) is 18.5. The van der Waals surface area contributed by atoms with Crippen molar-refractivity contribution >= 4 is 11.9 Å². The summed E-state index contributed by atoms with van der Waals surface area (Å²) in [6.07, 6.45) is 15.7. The fraction of sp³-hybridized carbons (Fsp3) is 0.576. The van der Waals surface area contributed by atoms with Crippen molar-refractivity contribution < 1.29 is 23.8 Å². The predicted octanol–water partition coefficient (Wildman–Crippen LogP) is 9.19. The van der Waals surface area contributed by atoms with E-state index < -0.39 is 5.97 Å². The van der Waals surface area contributed by atoms with Crippen LogP contribution in [0.2, 0.25) is 0 Å². The van der Waals surface area contributed by atoms with Crippen LogP contribution in [0.3, 0.4) is 0 Å². The molecular weight excluding hydrogens is 476 g/mol. The van der Waals surface area contributed by atoms with E-state index in [-0.39, 0.29) is 5.97 Å². The highest BCUT2D eigenvalue weighted by Gasteiger charge is 2.11. The Hall–Kier alpha value is -2.82. The Kier molecular flexibility index (Phi) is 15.9. The molecule has 0 saturated heterocycles. The van der Waals surface area contributed by atoms with Crippen molar-refractivity contribution in [1.29, 1.82) is 0 Å². The lowest BCUT2D eigenvalue weighted by Gasteiger charge is -2.09. The number of benzene rings is 2. The summed E-state index contributed by atoms with van der Waals surface area (Å²) in [5.41, 5.74) is 0.892. The molecule has 2 aromatic rings. The predicted molar refractivity (Wildman–Crippen MR) is 154 cm³/mol. The maximum Gasteiger partial charge on any atom is 0.343 e. The third kappa shape index (κ3) is 13.1. The topological polar surface area (TPSA) is 61.8 Å². The Morgan fingerprint density at radius 2 is 1.16 bits per heavy atom. The third-order valence-corrected chi connectivity index (χ3v) is 6.93. The van der Waals surface area contributed by atoms with Crippen LogP contribution in [-0.2, 0) is 4.74 Å². The second kappa shape index (κ2) is 19.3. The summed E-state index contributed by atoms with van der Waals surface area (Å²) in [7, 11) is 0. The SMILES string of the molecule is CCCCCCCCCCOc1ccc(C(=O)Oc2ccc(C(=O)OCCCCCC(C)CC)cc2)cc1. The zero-order valence-electron chi connectivity index (χ0n) is 23.8. The van der Waals surface area contributed by atoms with E-state index in [4.69, 9.17) is 14.2 Å². The molecule has 2 aromatic carbocycles. The van der Waals surface area contributed by atoms with Gasteiger partial charge in [-0.3, -0.25) is 0 Å². The molecule has 210 valence electrons. The molecule has 5 heteroatoms. The van der Waals surface area contributed by atoms with Gasteiger partial charge in [0.15, 0.2) is 0 Å². The average molecular weight is 525 g/mol. The maximum absolute atomic E-state index is 12.5. The van der Waals surface area contributed by atoms with Gasteiger partial charge in [-0.15, -0.1) is 0 Å². The van der Waals surface area contributed by atoms with E-state index in [2.05, 4.69) is 20.8 Å². The van der Waals surface area contributed by atoms with E-state index in [1.54, 1.807) is 48.5 Å². The Morgan fingerprint density at radius 1 is 0.632 bits per heavy atom. The van der Waals surface area contributed by atoms with Gasteiger partial charge in [-0.2, -0.15) is 0 Å². The van der Waals surface area contributed by atoms with Gasteiger partial charge in [0.1, 0.15) is 11.5 Å². The number of hydrogen-bond acceptors (Lipinski definition) is 5. The van der Waals surface area contributed by atoms with Crippen LogP contribution >= 0.6 is 0 Å². The summed E-state index contributed by atoms with van der Waals surface area (Å²) in [5.74, 6) is 1.09. The molecule has 5 nitrogen and oxygen atoms in total. The van der Waals surface area contributed by atoms with Crippen LogP contribution in [0.1, 0.15) is 125 Å². The van der Waals surface area contributed by atoms with E-state index in [0.717, 1.165) is 30.9 Å². The van der Waals surface area contributed by atoms with Crippen LogP contribution in [0.15, 0.2) is 48.5 Å². The summed E-state index contributed by atoms with van der Waals surface area (Å²) in [6, 6.07) is 13.5. The van der Waals surface area contributed by atoms with Crippen molar-refractivity contribution in [3.63, 3.8) is 0 Å². The molecule has 0 saturated carbocycles. The quantitative estimate of drug-likeness (QED) is 0.0981. The molecule has 0 aliphatic rings. The highest BCUT2D eigenvalue weighted by molar-refractivity contribution is 5.92. The molecule has 0 aromatic heterocycles. The standard InChI is InChI=1S/C33H48O5/c1-4-6-7-8-9-10-11-14-25-36-30-21-17-29(18-22-30)33(35)38-31-23-19-28(20-24-31)32(34)37-26-15-12-13-16-27(3)5-2/h17-24,27H,4-16,25-26H2,1-3H3. The second-order valence-corrected chi connectivity index (χ2v) is 10.3. The summed E-state index contributed by atoms with van der Waals surface area (Å²) >= 11 is 0. The van der Waals surface area contributed by atoms with Crippen molar-refractivity contribution in [3.8, 4) is 11.5 Å². The van der Waals surface area contributed by atoms with E-state index in [1.807, 2.05) is 0 Å². The van der Waals surface area contributed by atoms with Gasteiger partial charge in [0.2, 0.25) is 0 Å². The van der Waals surface area contributed by atoms with E-state index in [0.29, 0.717) is 30.1 Å². The number of hydrogen-bond donors (Lipinski definition) is 0. The number of carbonyl (C=O) groups excluding carboxylic acids is 2. The van der Waals surface area contributed by atoms with E-state index >= 15 is 0 Å². The molecule has 0 heterocycles. The van der Waals surface area contributed by atoms with Crippen LogP contribution in [-0.4, -0.2) is 25.2 Å². The molecule has 1 unspecified atom stereocenters. The smallest absolute Gasteiger partial charge is 0.343 e. The van der Waals surface area contributed by atoms with Gasteiger partial charge in [-0.25, -0.2) is 9.59 Å². The van der Waals surface area contributed by atoms with Crippen LogP contribution in [0.5, 0.6) is 11.5 Å². The fourth-order valence-corrected chi connectivity index (χ4v) is 4.16. The molecule has 0 spiro atoms. The number of esters is 2. The van der Waals surface area contributed by atoms with Crippen LogP contribution in [0.25, 0.3) is 0 Å². The molecule has 0 aliphatic carbocycles. The fourth-order valence-electron chi connectivity index (χ4n) is 4.16. The lowest BCUT2D eigenvalue weighted by Crippen LogP contribution is -2.09. The van der Waals surface area contributed by atoms with Gasteiger partial charge in [0.05, 0.1) is 24.3 Å². The van der Waals surface area contributed by atoms with Crippen molar-refractivity contribution in [2.45, 2.75) is 104 Å². The lowest BCUT2D eigenvalue weighted by molar-refractivity contribution is 0.0497. The molecule has 2 rings (SSSR count). The molecule has 0 bridgehead atoms. The summed E-state index contributed by atoms with van der Waals surface area (Å²) < 4.78 is 16.6. The minimum Gasteiger partial charge on any atom is -0.494 e. The average Bonchev–Trinajstić information content (AvgIpc) is 2.94. The van der Waals surface area contributed by atoms with Gasteiger partial charge in [0, 0.05) is 0 Å². The molecule has 1 atom stereocenters. The van der Waals surface area contributed by atoms with Crippen LogP contribution in [0, 0.1) is 5.92 Å². The summed E-state index contributed by atoms with van der Waals surface area (Å²) in [4.78, 5) is 24.8. The number of carbonyl (C=O) groups is 2. The minimum absolute atomic E-state index is 0.354. The summed E-state index contributed by atoms with van der Waals surface area (Å²) in [6.45, 7) is 7.83. The highest BCUT2D eigenvalue weighted by Crippen LogP contribution is 2.18. The molecule has 0 amide bonds. The first kappa shape index (κ1) is 31.4. The van der Waals surface area contributed by atoms with Crippen LogP contribution < -0.4 is 9.47 Å². The molecule has 0 N–H and O–H groups in total. The van der Waals surface area contributed by atoms with Gasteiger partial charge < -0.3 is 14.2 Å². The van der Waals surface area contributed by atoms with Crippen LogP contribution in [0.4, 0.5) is 0 Å². The molecule has 0 radical (unpaired) electrons. The Bertz CT molecular complexity index is 904. The molecule has 38 heavy (non-hydrogen) atoms. The molecular formula is C33H48O5. The van der Waals surface area contributed by atoms with Gasteiger partial charge in [-0.05, 0) is 67.3 Å². The zero-order valence-corrected chi connectivity index (χ0v) is 23.8. The Morgan fingerprint density at radius 3 is 1.79 bits per heavy atom. The number of unbranched alkanes of at least 4 members (excludes halogenated alkanes) is 9. The van der Waals surface area contributed by atoms with E-state index in [1.165, 1.54) is 64.2 Å². The Labute approximate surface area is 230 Å². The Balaban J connectivity index is 1.64. The lowest BCUT2D eigenvalue weighted by atomic mass is 10.0. The largest absolute Gasteiger partial charge is 0.494 e. The monoisotopic (exact) mass is 524 g/mol. The van der Waals surface area contributed by atoms with Gasteiger partial charge in [0.25, 0.3) is 0 Å². The molecule has 0 fully saturated rings. The zero-order chi connectivity index (χ0) is 27.4.